The van der Waals surface area contributed by atoms with Crippen LogP contribution in [0.4, 0.5) is 5.69 Å². The Morgan fingerprint density at radius 3 is 2.61 bits per heavy atom. The highest BCUT2D eigenvalue weighted by molar-refractivity contribution is 6.30. The number of halogens is 1. The van der Waals surface area contributed by atoms with Crippen LogP contribution in [0.1, 0.15) is 6.42 Å². The molecule has 1 atom stereocenters. The molecule has 1 heterocycles. The van der Waals surface area contributed by atoms with E-state index in [9.17, 15) is 9.90 Å². The highest BCUT2D eigenvalue weighted by atomic mass is 35.5. The first-order valence-corrected chi connectivity index (χ1v) is 6.39. The maximum Gasteiger partial charge on any atom is 0.247 e. The molecule has 1 aromatic rings. The van der Waals surface area contributed by atoms with Gasteiger partial charge in [0.15, 0.2) is 0 Å². The van der Waals surface area contributed by atoms with Gasteiger partial charge in [0.05, 0.1) is 6.61 Å². The van der Waals surface area contributed by atoms with E-state index in [4.69, 9.17) is 11.6 Å². The van der Waals surface area contributed by atoms with Crippen LogP contribution in [-0.2, 0) is 4.79 Å². The number of benzene rings is 1. The fourth-order valence-electron chi connectivity index (χ4n) is 2.25. The van der Waals surface area contributed by atoms with Crippen LogP contribution >= 0.6 is 11.6 Å². The van der Waals surface area contributed by atoms with Crippen molar-refractivity contribution in [2.24, 2.45) is 0 Å². The molecule has 0 radical (unpaired) electrons. The van der Waals surface area contributed by atoms with Crippen molar-refractivity contribution in [1.29, 1.82) is 0 Å². The number of anilines is 1. The highest BCUT2D eigenvalue weighted by Crippen LogP contribution is 2.22. The second-order valence-electron chi connectivity index (χ2n) is 4.48. The minimum absolute atomic E-state index is 0.0371. The van der Waals surface area contributed by atoms with E-state index in [0.29, 0.717) is 5.02 Å². The number of carbonyl (C=O) groups is 1. The summed E-state index contributed by atoms with van der Waals surface area (Å²) in [5.74, 6) is -0.0371. The number of amides is 1. The summed E-state index contributed by atoms with van der Waals surface area (Å²) >= 11 is 5.86. The number of likely N-dealkylation sites (N-methyl/N-ethyl adjacent to an activating group) is 1. The quantitative estimate of drug-likeness (QED) is 0.881. The van der Waals surface area contributed by atoms with Crippen LogP contribution in [-0.4, -0.2) is 48.7 Å². The van der Waals surface area contributed by atoms with Gasteiger partial charge in [0, 0.05) is 30.8 Å². The first kappa shape index (κ1) is 13.2. The molecule has 1 amide bonds. The Morgan fingerprint density at radius 2 is 2.00 bits per heavy atom. The van der Waals surface area contributed by atoms with Crippen molar-refractivity contribution in [3.05, 3.63) is 29.3 Å². The van der Waals surface area contributed by atoms with Crippen LogP contribution in [0.2, 0.25) is 5.02 Å². The van der Waals surface area contributed by atoms with Crippen molar-refractivity contribution < 1.29 is 9.90 Å². The van der Waals surface area contributed by atoms with Crippen molar-refractivity contribution in [3.8, 4) is 0 Å². The summed E-state index contributed by atoms with van der Waals surface area (Å²) in [7, 11) is 1.77. The number of rotatable bonds is 2. The number of carbonyl (C=O) groups excluding carboxylic acids is 1. The van der Waals surface area contributed by atoms with E-state index in [1.165, 1.54) is 0 Å². The zero-order valence-corrected chi connectivity index (χ0v) is 11.1. The van der Waals surface area contributed by atoms with Gasteiger partial charge < -0.3 is 14.9 Å². The van der Waals surface area contributed by atoms with Gasteiger partial charge in [0.25, 0.3) is 0 Å². The van der Waals surface area contributed by atoms with E-state index >= 15 is 0 Å². The second kappa shape index (κ2) is 5.59. The van der Waals surface area contributed by atoms with Crippen molar-refractivity contribution in [2.45, 2.75) is 12.5 Å². The molecule has 0 spiro atoms. The fraction of sp³-hybridized carbons (Fsp3) is 0.462. The van der Waals surface area contributed by atoms with Crippen LogP contribution in [0.3, 0.4) is 0 Å². The maximum absolute atomic E-state index is 12.1. The lowest BCUT2D eigenvalue weighted by molar-refractivity contribution is -0.131. The molecule has 1 unspecified atom stereocenters. The molecule has 0 aromatic heterocycles. The standard InChI is InChI=1S/C13H17ClN2O2/c1-15-7-2-8-16(12(9-17)13(15)18)11-5-3-10(14)4-6-11/h3-6,12,17H,2,7-9H2,1H3. The molecule has 1 N–H and O–H groups in total. The summed E-state index contributed by atoms with van der Waals surface area (Å²) in [5.41, 5.74) is 0.919. The SMILES string of the molecule is CN1CCCN(c2ccc(Cl)cc2)C(CO)C1=O. The van der Waals surface area contributed by atoms with Gasteiger partial charge in [0.2, 0.25) is 5.91 Å². The van der Waals surface area contributed by atoms with Gasteiger partial charge >= 0.3 is 0 Å². The van der Waals surface area contributed by atoms with Crippen LogP contribution in [0.5, 0.6) is 0 Å². The third-order valence-corrected chi connectivity index (χ3v) is 3.51. The third-order valence-electron chi connectivity index (χ3n) is 3.26. The van der Waals surface area contributed by atoms with Crippen LogP contribution in [0.15, 0.2) is 24.3 Å². The number of aliphatic hydroxyl groups is 1. The lowest BCUT2D eigenvalue weighted by Crippen LogP contribution is -2.47. The Morgan fingerprint density at radius 1 is 1.33 bits per heavy atom. The van der Waals surface area contributed by atoms with E-state index in [2.05, 4.69) is 0 Å². The molecule has 4 nitrogen and oxygen atoms in total. The molecule has 1 aromatic carbocycles. The lowest BCUT2D eigenvalue weighted by atomic mass is 10.2. The van der Waals surface area contributed by atoms with E-state index in [-0.39, 0.29) is 12.5 Å². The lowest BCUT2D eigenvalue weighted by Gasteiger charge is -2.30. The fourth-order valence-corrected chi connectivity index (χ4v) is 2.38. The van der Waals surface area contributed by atoms with Crippen molar-refractivity contribution in [1.82, 2.24) is 4.90 Å². The summed E-state index contributed by atoms with van der Waals surface area (Å²) in [6.45, 7) is 1.30. The van der Waals surface area contributed by atoms with Gasteiger partial charge in [0.1, 0.15) is 6.04 Å². The maximum atomic E-state index is 12.1. The molecule has 5 heteroatoms. The van der Waals surface area contributed by atoms with Gasteiger partial charge in [-0.3, -0.25) is 4.79 Å². The van der Waals surface area contributed by atoms with Gasteiger partial charge in [-0.2, -0.15) is 0 Å². The average molecular weight is 269 g/mol. The van der Waals surface area contributed by atoms with Crippen LogP contribution in [0, 0.1) is 0 Å². The van der Waals surface area contributed by atoms with Gasteiger partial charge in [-0.15, -0.1) is 0 Å². The molecule has 18 heavy (non-hydrogen) atoms. The molecule has 1 saturated heterocycles. The molecule has 98 valence electrons. The first-order chi connectivity index (χ1) is 8.63. The smallest absolute Gasteiger partial charge is 0.247 e. The first-order valence-electron chi connectivity index (χ1n) is 6.01. The molecule has 1 fully saturated rings. The molecular weight excluding hydrogens is 252 g/mol. The average Bonchev–Trinajstić information content (AvgIpc) is 2.51. The largest absolute Gasteiger partial charge is 0.394 e. The van der Waals surface area contributed by atoms with Crippen LogP contribution < -0.4 is 4.90 Å². The number of hydrogen-bond donors (Lipinski definition) is 1. The summed E-state index contributed by atoms with van der Waals surface area (Å²) < 4.78 is 0. The molecule has 0 bridgehead atoms. The number of aliphatic hydroxyl groups excluding tert-OH is 1. The minimum atomic E-state index is -0.501. The highest BCUT2D eigenvalue weighted by Gasteiger charge is 2.30. The Labute approximate surface area is 112 Å². The van der Waals surface area contributed by atoms with Gasteiger partial charge in [-0.1, -0.05) is 11.6 Å². The van der Waals surface area contributed by atoms with Crippen LogP contribution in [0.25, 0.3) is 0 Å². The van der Waals surface area contributed by atoms with E-state index in [1.54, 1.807) is 24.1 Å². The van der Waals surface area contributed by atoms with E-state index < -0.39 is 6.04 Å². The normalized spacial score (nSPS) is 21.1. The Hall–Kier alpha value is -1.26. The predicted octanol–water partition coefficient (Wildman–Crippen LogP) is 1.37. The predicted molar refractivity (Wildman–Crippen MR) is 71.9 cm³/mol. The molecule has 2 rings (SSSR count). The Balaban J connectivity index is 2.29. The van der Waals surface area contributed by atoms with E-state index in [0.717, 1.165) is 25.2 Å². The van der Waals surface area contributed by atoms with Gasteiger partial charge in [-0.05, 0) is 30.7 Å². The summed E-state index contributed by atoms with van der Waals surface area (Å²) in [5, 5.41) is 10.1. The molecule has 1 aliphatic rings. The summed E-state index contributed by atoms with van der Waals surface area (Å²) in [6, 6.07) is 6.85. The molecule has 0 aliphatic carbocycles. The van der Waals surface area contributed by atoms with Gasteiger partial charge in [-0.25, -0.2) is 0 Å². The molecule has 1 aliphatic heterocycles. The van der Waals surface area contributed by atoms with Crippen molar-refractivity contribution >= 4 is 23.2 Å². The molecule has 0 saturated carbocycles. The van der Waals surface area contributed by atoms with Crippen molar-refractivity contribution in [3.63, 3.8) is 0 Å². The Kier molecular flexibility index (Phi) is 4.09. The topological polar surface area (TPSA) is 43.8 Å². The van der Waals surface area contributed by atoms with Crippen molar-refractivity contribution in [2.75, 3.05) is 31.6 Å². The second-order valence-corrected chi connectivity index (χ2v) is 4.92. The minimum Gasteiger partial charge on any atom is -0.394 e. The summed E-state index contributed by atoms with van der Waals surface area (Å²) in [6.07, 6.45) is 0.890. The number of hydrogen-bond acceptors (Lipinski definition) is 3. The third kappa shape index (κ3) is 2.60. The summed E-state index contributed by atoms with van der Waals surface area (Å²) in [4.78, 5) is 15.7. The zero-order chi connectivity index (χ0) is 13.1. The zero-order valence-electron chi connectivity index (χ0n) is 10.3. The van der Waals surface area contributed by atoms with E-state index in [1.807, 2.05) is 17.0 Å². The number of nitrogens with zero attached hydrogens (tertiary/aromatic N) is 2. The Bertz CT molecular complexity index is 422. The monoisotopic (exact) mass is 268 g/mol. The molecular formula is C13H17ClN2O2.